The second kappa shape index (κ2) is 10.6. The number of methoxy groups -OCH3 is 1. The average molecular weight is 473 g/mol. The Balaban J connectivity index is 0.00000261. The summed E-state index contributed by atoms with van der Waals surface area (Å²) in [5.74, 6) is 2.22. The molecule has 0 amide bonds. The first-order valence-electron chi connectivity index (χ1n) is 8.13. The number of ether oxygens (including phenoxy) is 2. The summed E-state index contributed by atoms with van der Waals surface area (Å²) in [5.41, 5.74) is 2.00. The Kier molecular flexibility index (Phi) is 8.51. The van der Waals surface area contributed by atoms with Crippen molar-refractivity contribution in [3.05, 3.63) is 81.2 Å². The molecule has 0 aliphatic heterocycles. The van der Waals surface area contributed by atoms with E-state index >= 15 is 0 Å². The lowest BCUT2D eigenvalue weighted by Crippen LogP contribution is -2.12. The SMILES string of the molecule is COc1cc(CNCc2ccco2)cc(Br)c1OCc1ccccc1Cl.Cl. The van der Waals surface area contributed by atoms with Crippen molar-refractivity contribution in [1.82, 2.24) is 5.32 Å². The molecule has 7 heteroatoms. The zero-order valence-corrected chi connectivity index (χ0v) is 17.9. The van der Waals surface area contributed by atoms with E-state index in [9.17, 15) is 0 Å². The molecule has 2 aromatic carbocycles. The van der Waals surface area contributed by atoms with Gasteiger partial charge in [0.1, 0.15) is 12.4 Å². The van der Waals surface area contributed by atoms with Crippen molar-refractivity contribution in [1.29, 1.82) is 0 Å². The Morgan fingerprint density at radius 1 is 1.11 bits per heavy atom. The standard InChI is InChI=1S/C20H19BrClNO3.ClH/c1-24-19-10-14(11-23-12-16-6-4-8-25-16)9-17(21)20(19)26-13-15-5-2-3-7-18(15)22;/h2-10,23H,11-13H2,1H3;1H. The van der Waals surface area contributed by atoms with E-state index in [-0.39, 0.29) is 12.4 Å². The van der Waals surface area contributed by atoms with E-state index in [1.165, 1.54) is 0 Å². The molecule has 0 saturated carbocycles. The molecule has 0 spiro atoms. The normalized spacial score (nSPS) is 10.3. The van der Waals surface area contributed by atoms with Gasteiger partial charge in [-0.1, -0.05) is 29.8 Å². The first-order valence-corrected chi connectivity index (χ1v) is 9.30. The van der Waals surface area contributed by atoms with Gasteiger partial charge in [0.2, 0.25) is 0 Å². The van der Waals surface area contributed by atoms with Crippen LogP contribution in [0.1, 0.15) is 16.9 Å². The molecule has 27 heavy (non-hydrogen) atoms. The second-order valence-corrected chi connectivity index (χ2v) is 6.93. The average Bonchev–Trinajstić information content (AvgIpc) is 3.15. The summed E-state index contributed by atoms with van der Waals surface area (Å²) in [6.07, 6.45) is 1.67. The topological polar surface area (TPSA) is 43.6 Å². The first-order chi connectivity index (χ1) is 12.7. The van der Waals surface area contributed by atoms with Crippen molar-refractivity contribution in [3.8, 4) is 11.5 Å². The molecule has 3 rings (SSSR count). The van der Waals surface area contributed by atoms with Crippen LogP contribution >= 0.6 is 39.9 Å². The van der Waals surface area contributed by atoms with E-state index in [1.807, 2.05) is 48.5 Å². The van der Waals surface area contributed by atoms with E-state index in [2.05, 4.69) is 21.2 Å². The molecular weight excluding hydrogens is 453 g/mol. The highest BCUT2D eigenvalue weighted by Gasteiger charge is 2.13. The van der Waals surface area contributed by atoms with Crippen LogP contribution in [0.4, 0.5) is 0 Å². The van der Waals surface area contributed by atoms with Crippen molar-refractivity contribution in [2.24, 2.45) is 0 Å². The molecule has 0 atom stereocenters. The van der Waals surface area contributed by atoms with E-state index in [4.69, 9.17) is 25.5 Å². The van der Waals surface area contributed by atoms with Crippen LogP contribution in [-0.4, -0.2) is 7.11 Å². The lowest BCUT2D eigenvalue weighted by Gasteiger charge is -2.15. The molecule has 0 aliphatic carbocycles. The van der Waals surface area contributed by atoms with Gasteiger partial charge in [-0.3, -0.25) is 0 Å². The maximum atomic E-state index is 6.19. The van der Waals surface area contributed by atoms with E-state index in [0.717, 1.165) is 21.4 Å². The van der Waals surface area contributed by atoms with Crippen molar-refractivity contribution in [2.45, 2.75) is 19.7 Å². The summed E-state index contributed by atoms with van der Waals surface area (Å²) in [6, 6.07) is 15.4. The molecule has 0 radical (unpaired) electrons. The number of halogens is 3. The Morgan fingerprint density at radius 2 is 1.93 bits per heavy atom. The number of hydrogen-bond acceptors (Lipinski definition) is 4. The molecule has 0 bridgehead atoms. The van der Waals surface area contributed by atoms with Gasteiger partial charge >= 0.3 is 0 Å². The van der Waals surface area contributed by atoms with Gasteiger partial charge in [0, 0.05) is 17.1 Å². The number of furan rings is 1. The molecule has 144 valence electrons. The molecular formula is C20H20BrCl2NO3. The molecule has 4 nitrogen and oxygen atoms in total. The predicted octanol–water partition coefficient (Wildman–Crippen LogP) is 5.99. The third-order valence-corrected chi connectivity index (χ3v) is 4.79. The van der Waals surface area contributed by atoms with E-state index < -0.39 is 0 Å². The Bertz CT molecular complexity index is 856. The monoisotopic (exact) mass is 471 g/mol. The molecule has 0 aliphatic rings. The van der Waals surface area contributed by atoms with Crippen molar-refractivity contribution < 1.29 is 13.9 Å². The summed E-state index contributed by atoms with van der Waals surface area (Å²) in [5, 5.41) is 4.02. The van der Waals surface area contributed by atoms with Gasteiger partial charge < -0.3 is 19.2 Å². The van der Waals surface area contributed by atoms with Crippen LogP contribution in [0.25, 0.3) is 0 Å². The van der Waals surface area contributed by atoms with Crippen LogP contribution in [0.2, 0.25) is 5.02 Å². The largest absolute Gasteiger partial charge is 0.493 e. The van der Waals surface area contributed by atoms with Gasteiger partial charge in [0.15, 0.2) is 11.5 Å². The molecule has 1 N–H and O–H groups in total. The summed E-state index contributed by atoms with van der Waals surface area (Å²) < 4.78 is 17.6. The number of benzene rings is 2. The maximum absolute atomic E-state index is 6.19. The van der Waals surface area contributed by atoms with Crippen LogP contribution in [0.3, 0.4) is 0 Å². The molecule has 0 saturated heterocycles. The van der Waals surface area contributed by atoms with E-state index in [1.54, 1.807) is 13.4 Å². The van der Waals surface area contributed by atoms with Crippen LogP contribution in [0, 0.1) is 0 Å². The van der Waals surface area contributed by atoms with Gasteiger partial charge in [-0.15, -0.1) is 12.4 Å². The lowest BCUT2D eigenvalue weighted by molar-refractivity contribution is 0.282. The van der Waals surface area contributed by atoms with Crippen LogP contribution < -0.4 is 14.8 Å². The van der Waals surface area contributed by atoms with Gasteiger partial charge in [-0.2, -0.15) is 0 Å². The molecule has 0 fully saturated rings. The summed E-state index contributed by atoms with van der Waals surface area (Å²) in [6.45, 7) is 1.71. The lowest BCUT2D eigenvalue weighted by atomic mass is 10.2. The Hall–Kier alpha value is -1.66. The smallest absolute Gasteiger partial charge is 0.175 e. The van der Waals surface area contributed by atoms with Crippen LogP contribution in [0.15, 0.2) is 63.7 Å². The maximum Gasteiger partial charge on any atom is 0.175 e. The predicted molar refractivity (Wildman–Crippen MR) is 113 cm³/mol. The number of hydrogen-bond donors (Lipinski definition) is 1. The number of rotatable bonds is 8. The van der Waals surface area contributed by atoms with Gasteiger partial charge in [-0.25, -0.2) is 0 Å². The Labute approximate surface area is 178 Å². The van der Waals surface area contributed by atoms with Crippen molar-refractivity contribution in [2.75, 3.05) is 7.11 Å². The third-order valence-electron chi connectivity index (χ3n) is 3.83. The van der Waals surface area contributed by atoms with Gasteiger partial charge in [0.25, 0.3) is 0 Å². The highest BCUT2D eigenvalue weighted by atomic mass is 79.9. The molecule has 3 aromatic rings. The van der Waals surface area contributed by atoms with Crippen molar-refractivity contribution >= 4 is 39.9 Å². The fraction of sp³-hybridized carbons (Fsp3) is 0.200. The second-order valence-electron chi connectivity index (χ2n) is 5.67. The van der Waals surface area contributed by atoms with E-state index in [0.29, 0.717) is 36.2 Å². The molecule has 1 heterocycles. The summed E-state index contributed by atoms with van der Waals surface area (Å²) in [4.78, 5) is 0. The summed E-state index contributed by atoms with van der Waals surface area (Å²) in [7, 11) is 1.63. The minimum Gasteiger partial charge on any atom is -0.493 e. The minimum absolute atomic E-state index is 0. The van der Waals surface area contributed by atoms with Crippen LogP contribution in [-0.2, 0) is 19.7 Å². The zero-order chi connectivity index (χ0) is 18.4. The van der Waals surface area contributed by atoms with Gasteiger partial charge in [-0.05, 0) is 51.8 Å². The molecule has 1 aromatic heterocycles. The van der Waals surface area contributed by atoms with Crippen LogP contribution in [0.5, 0.6) is 11.5 Å². The summed E-state index contributed by atoms with van der Waals surface area (Å²) >= 11 is 9.77. The quantitative estimate of drug-likeness (QED) is 0.437. The fourth-order valence-electron chi connectivity index (χ4n) is 2.52. The highest BCUT2D eigenvalue weighted by Crippen LogP contribution is 2.37. The first kappa shape index (κ1) is 21.6. The minimum atomic E-state index is 0. The number of nitrogens with one attached hydrogen (secondary N) is 1. The zero-order valence-electron chi connectivity index (χ0n) is 14.7. The fourth-order valence-corrected chi connectivity index (χ4v) is 3.32. The van der Waals surface area contributed by atoms with Gasteiger partial charge in [0.05, 0.1) is 24.4 Å². The highest BCUT2D eigenvalue weighted by molar-refractivity contribution is 9.10. The Morgan fingerprint density at radius 3 is 2.63 bits per heavy atom. The third kappa shape index (κ3) is 5.91. The van der Waals surface area contributed by atoms with Crippen molar-refractivity contribution in [3.63, 3.8) is 0 Å². The molecule has 0 unspecified atom stereocenters.